The van der Waals surface area contributed by atoms with E-state index in [2.05, 4.69) is 10.5 Å². The Kier molecular flexibility index (Phi) is 5.32. The van der Waals surface area contributed by atoms with Crippen LogP contribution in [-0.4, -0.2) is 32.6 Å². The molecule has 0 saturated heterocycles. The Balaban J connectivity index is 3.89. The molecule has 10 heteroatoms. The highest BCUT2D eigenvalue weighted by Gasteiger charge is 2.16. The maximum absolute atomic E-state index is 11.1. The fourth-order valence-corrected chi connectivity index (χ4v) is 0.895. The van der Waals surface area contributed by atoms with Gasteiger partial charge in [0.15, 0.2) is 0 Å². The number of hydrogen-bond acceptors (Lipinski definition) is 5. The fourth-order valence-electron chi connectivity index (χ4n) is 0.639. The van der Waals surface area contributed by atoms with Gasteiger partial charge in [0.05, 0.1) is 0 Å². The van der Waals surface area contributed by atoms with Gasteiger partial charge in [-0.05, 0) is 20.8 Å². The first-order valence-electron chi connectivity index (χ1n) is 4.55. The Morgan fingerprint density at radius 3 is 2.24 bits per heavy atom. The van der Waals surface area contributed by atoms with Crippen molar-refractivity contribution in [3.8, 4) is 0 Å². The molecule has 0 rings (SSSR count). The van der Waals surface area contributed by atoms with Crippen molar-refractivity contribution in [3.05, 3.63) is 0 Å². The molecule has 2 amide bonds. The summed E-state index contributed by atoms with van der Waals surface area (Å²) in [6.07, 6.45) is -0.789. The van der Waals surface area contributed by atoms with E-state index in [-0.39, 0.29) is 0 Å². The van der Waals surface area contributed by atoms with E-state index in [0.29, 0.717) is 0 Å². The summed E-state index contributed by atoms with van der Waals surface area (Å²) < 4.78 is 25.6. The third-order valence-electron chi connectivity index (χ3n) is 1.12. The average molecular weight is 268 g/mol. The highest BCUT2D eigenvalue weighted by molar-refractivity contribution is 7.87. The fraction of sp³-hybridized carbons (Fsp3) is 0.714. The van der Waals surface area contributed by atoms with Crippen molar-refractivity contribution in [1.82, 2.24) is 15.6 Å². The molecule has 0 heterocycles. The third kappa shape index (κ3) is 10.9. The average Bonchev–Trinajstić information content (AvgIpc) is 2.07. The topological polar surface area (TPSA) is 140 Å². The van der Waals surface area contributed by atoms with Gasteiger partial charge in [-0.25, -0.2) is 9.93 Å². The molecule has 0 aliphatic heterocycles. The summed E-state index contributed by atoms with van der Waals surface area (Å²) in [6.45, 7) is 4.54. The van der Waals surface area contributed by atoms with Gasteiger partial charge in [0, 0.05) is 0 Å². The third-order valence-corrected chi connectivity index (χ3v) is 1.51. The molecule has 0 saturated carbocycles. The number of carbonyl (C=O) groups is 2. The lowest BCUT2D eigenvalue weighted by Crippen LogP contribution is -2.48. The molecular weight excluding hydrogens is 252 g/mol. The largest absolute Gasteiger partial charge is 0.444 e. The molecule has 0 fully saturated rings. The van der Waals surface area contributed by atoms with Crippen LogP contribution in [-0.2, 0) is 19.7 Å². The normalized spacial score (nSPS) is 11.8. The predicted molar refractivity (Wildman–Crippen MR) is 58.6 cm³/mol. The maximum atomic E-state index is 11.1. The van der Waals surface area contributed by atoms with Crippen molar-refractivity contribution in [1.29, 1.82) is 0 Å². The van der Waals surface area contributed by atoms with Crippen molar-refractivity contribution >= 4 is 22.2 Å². The molecule has 0 aliphatic rings. The SMILES string of the molecule is CC(C)(C)OC(=O)NCC(=O)NNS(N)(=O)=O. The number of carbonyl (C=O) groups excluding carboxylic acids is 2. The van der Waals surface area contributed by atoms with E-state index in [1.54, 1.807) is 31.0 Å². The van der Waals surface area contributed by atoms with Gasteiger partial charge in [-0.2, -0.15) is 8.42 Å². The van der Waals surface area contributed by atoms with Gasteiger partial charge in [-0.3, -0.25) is 10.2 Å². The number of rotatable bonds is 4. The van der Waals surface area contributed by atoms with Crippen LogP contribution in [0.2, 0.25) is 0 Å². The quantitative estimate of drug-likeness (QED) is 0.451. The predicted octanol–water partition coefficient (Wildman–Crippen LogP) is -1.66. The Labute approximate surface area is 99.2 Å². The second-order valence-electron chi connectivity index (χ2n) is 4.05. The van der Waals surface area contributed by atoms with E-state index in [4.69, 9.17) is 4.74 Å². The standard InChI is InChI=1S/C7H16N4O5S/c1-7(2,3)16-6(13)9-4-5(12)10-11-17(8,14)15/h11H,4H2,1-3H3,(H,9,13)(H,10,12)(H2,8,14,15). The van der Waals surface area contributed by atoms with Gasteiger partial charge >= 0.3 is 6.09 Å². The van der Waals surface area contributed by atoms with Gasteiger partial charge < -0.3 is 10.1 Å². The molecule has 100 valence electrons. The molecule has 0 unspecified atom stereocenters. The van der Waals surface area contributed by atoms with Gasteiger partial charge in [-0.1, -0.05) is 0 Å². The van der Waals surface area contributed by atoms with Crippen molar-refractivity contribution in [2.45, 2.75) is 26.4 Å². The van der Waals surface area contributed by atoms with Crippen LogP contribution in [0.4, 0.5) is 4.79 Å². The molecule has 5 N–H and O–H groups in total. The molecule has 0 radical (unpaired) electrons. The highest BCUT2D eigenvalue weighted by atomic mass is 32.2. The second kappa shape index (κ2) is 5.80. The van der Waals surface area contributed by atoms with Crippen molar-refractivity contribution in [3.63, 3.8) is 0 Å². The summed E-state index contributed by atoms with van der Waals surface area (Å²) >= 11 is 0. The monoisotopic (exact) mass is 268 g/mol. The molecule has 0 aliphatic carbocycles. The zero-order chi connectivity index (χ0) is 13.7. The number of hydrazine groups is 1. The number of nitrogens with one attached hydrogen (secondary N) is 3. The number of alkyl carbamates (subject to hydrolysis) is 1. The van der Waals surface area contributed by atoms with Crippen LogP contribution in [0.15, 0.2) is 0 Å². The molecular formula is C7H16N4O5S. The molecule has 17 heavy (non-hydrogen) atoms. The summed E-state index contributed by atoms with van der Waals surface area (Å²) in [4.78, 5) is 23.6. The summed E-state index contributed by atoms with van der Waals surface area (Å²) in [5.41, 5.74) is 1.09. The highest BCUT2D eigenvalue weighted by Crippen LogP contribution is 2.05. The molecule has 0 bridgehead atoms. The lowest BCUT2D eigenvalue weighted by molar-refractivity contribution is -0.120. The minimum Gasteiger partial charge on any atom is -0.444 e. The second-order valence-corrected chi connectivity index (χ2v) is 5.34. The van der Waals surface area contributed by atoms with Crippen LogP contribution in [0.5, 0.6) is 0 Å². The van der Waals surface area contributed by atoms with Crippen LogP contribution in [0.25, 0.3) is 0 Å². The van der Waals surface area contributed by atoms with Gasteiger partial charge in [0.1, 0.15) is 12.1 Å². The number of amides is 2. The van der Waals surface area contributed by atoms with E-state index < -0.39 is 34.4 Å². The van der Waals surface area contributed by atoms with E-state index in [1.807, 2.05) is 0 Å². The smallest absolute Gasteiger partial charge is 0.408 e. The van der Waals surface area contributed by atoms with Gasteiger partial charge in [0.25, 0.3) is 16.1 Å². The number of hydrogen-bond donors (Lipinski definition) is 4. The van der Waals surface area contributed by atoms with Crippen LogP contribution in [0, 0.1) is 0 Å². The van der Waals surface area contributed by atoms with Gasteiger partial charge in [-0.15, -0.1) is 4.83 Å². The number of ether oxygens (including phenoxy) is 1. The first-order valence-corrected chi connectivity index (χ1v) is 6.09. The summed E-state index contributed by atoms with van der Waals surface area (Å²) in [5, 5.41) is 6.68. The lowest BCUT2D eigenvalue weighted by atomic mass is 10.2. The molecule has 0 atom stereocenters. The Morgan fingerprint density at radius 2 is 1.82 bits per heavy atom. The summed E-state index contributed by atoms with van der Waals surface area (Å²) in [5.74, 6) is -0.787. The van der Waals surface area contributed by atoms with Crippen LogP contribution in [0.1, 0.15) is 20.8 Å². The van der Waals surface area contributed by atoms with Crippen LogP contribution < -0.4 is 20.7 Å². The molecule has 9 nitrogen and oxygen atoms in total. The van der Waals surface area contributed by atoms with Crippen LogP contribution in [0.3, 0.4) is 0 Å². The zero-order valence-corrected chi connectivity index (χ0v) is 10.6. The molecule has 0 aromatic heterocycles. The van der Waals surface area contributed by atoms with E-state index in [9.17, 15) is 18.0 Å². The summed E-state index contributed by atoms with van der Waals surface area (Å²) in [6, 6.07) is 0. The van der Waals surface area contributed by atoms with Crippen molar-refractivity contribution in [2.24, 2.45) is 5.14 Å². The van der Waals surface area contributed by atoms with E-state index in [1.165, 1.54) is 0 Å². The molecule has 0 spiro atoms. The number of nitrogens with two attached hydrogens (primary N) is 1. The minimum absolute atomic E-state index is 0.447. The maximum Gasteiger partial charge on any atom is 0.408 e. The van der Waals surface area contributed by atoms with E-state index >= 15 is 0 Å². The minimum atomic E-state index is -4.01. The van der Waals surface area contributed by atoms with Crippen molar-refractivity contribution < 1.29 is 22.7 Å². The Morgan fingerprint density at radius 1 is 1.29 bits per heavy atom. The summed E-state index contributed by atoms with van der Waals surface area (Å²) in [7, 11) is -4.01. The zero-order valence-electron chi connectivity index (χ0n) is 9.73. The lowest BCUT2D eigenvalue weighted by Gasteiger charge is -2.19. The first kappa shape index (κ1) is 15.6. The van der Waals surface area contributed by atoms with Gasteiger partial charge in [0.2, 0.25) is 0 Å². The van der Waals surface area contributed by atoms with E-state index in [0.717, 1.165) is 0 Å². The molecule has 0 aromatic rings. The Bertz CT molecular complexity index is 386. The molecule has 0 aromatic carbocycles. The van der Waals surface area contributed by atoms with Crippen LogP contribution >= 0.6 is 0 Å². The first-order chi connectivity index (χ1) is 7.49. The Hall–Kier alpha value is -1.39. The van der Waals surface area contributed by atoms with Crippen molar-refractivity contribution in [2.75, 3.05) is 6.54 Å².